The first-order chi connectivity index (χ1) is 7.88. The summed E-state index contributed by atoms with van der Waals surface area (Å²) in [4.78, 5) is 32.8. The number of carboxylic acids is 2. The zero-order valence-electron chi connectivity index (χ0n) is 10.5. The number of carbonyl (C=O) groups is 3. The van der Waals surface area contributed by atoms with Gasteiger partial charge in [0.1, 0.15) is 10.7 Å². The molecule has 1 unspecified atom stereocenters. The molecule has 1 saturated heterocycles. The number of carbonyl (C=O) groups excluding carboxylic acids is 2. The van der Waals surface area contributed by atoms with Gasteiger partial charge >= 0.3 is 35.5 Å². The Labute approximate surface area is 131 Å². The number of thioether (sulfide) groups is 1. The first-order valence-corrected chi connectivity index (χ1v) is 6.19. The van der Waals surface area contributed by atoms with Crippen LogP contribution in [0.1, 0.15) is 19.8 Å². The molecule has 1 aliphatic rings. The maximum Gasteiger partial charge on any atom is 1.00 e. The molecule has 0 amide bonds. The SMILES string of the molecule is CC(=O)CCN1CCSC1(CC(=O)O)C(=O)[O-].[Na+]. The third-order valence-corrected chi connectivity index (χ3v) is 4.09. The van der Waals surface area contributed by atoms with Crippen LogP contribution < -0.4 is 34.7 Å². The third-order valence-electron chi connectivity index (χ3n) is 2.66. The summed E-state index contributed by atoms with van der Waals surface area (Å²) in [5, 5.41) is 20.0. The smallest absolute Gasteiger partial charge is 0.547 e. The second kappa shape index (κ2) is 7.49. The Morgan fingerprint density at radius 2 is 2.06 bits per heavy atom. The van der Waals surface area contributed by atoms with Crippen LogP contribution in [0.3, 0.4) is 0 Å². The number of hydrogen-bond acceptors (Lipinski definition) is 6. The molecular formula is C10H14NNaO5S. The van der Waals surface area contributed by atoms with Crippen molar-refractivity contribution in [2.24, 2.45) is 0 Å². The van der Waals surface area contributed by atoms with Crippen LogP contribution >= 0.6 is 11.8 Å². The summed E-state index contributed by atoms with van der Waals surface area (Å²) >= 11 is 1.06. The van der Waals surface area contributed by atoms with Crippen LogP contribution in [-0.2, 0) is 14.4 Å². The second-order valence-electron chi connectivity index (χ2n) is 3.93. The van der Waals surface area contributed by atoms with Gasteiger partial charge in [-0.25, -0.2) is 0 Å². The van der Waals surface area contributed by atoms with Crippen LogP contribution in [0.25, 0.3) is 0 Å². The predicted molar refractivity (Wildman–Crippen MR) is 59.3 cm³/mol. The molecule has 0 bridgehead atoms. The molecule has 0 aromatic heterocycles. The van der Waals surface area contributed by atoms with Gasteiger partial charge in [0, 0.05) is 25.3 Å². The fourth-order valence-corrected chi connectivity index (χ4v) is 3.17. The van der Waals surface area contributed by atoms with Gasteiger partial charge in [0.05, 0.1) is 12.4 Å². The molecule has 0 aliphatic carbocycles. The molecule has 0 aromatic carbocycles. The molecule has 0 aromatic rings. The average Bonchev–Trinajstić information content (AvgIpc) is 2.58. The van der Waals surface area contributed by atoms with Gasteiger partial charge in [0.2, 0.25) is 0 Å². The standard InChI is InChI=1S/C10H15NO5S.Na/c1-7(12)2-3-11-4-5-17-10(11,9(15)16)6-8(13)14;/h2-6H2,1H3,(H,13,14)(H,15,16);/q;+1/p-1. The van der Waals surface area contributed by atoms with Crippen LogP contribution in [0.4, 0.5) is 0 Å². The number of nitrogens with zero attached hydrogens (tertiary/aromatic N) is 1. The van der Waals surface area contributed by atoms with Crippen LogP contribution in [0.15, 0.2) is 0 Å². The first-order valence-electron chi connectivity index (χ1n) is 5.20. The van der Waals surface area contributed by atoms with Crippen molar-refractivity contribution in [2.45, 2.75) is 24.6 Å². The summed E-state index contributed by atoms with van der Waals surface area (Å²) in [6, 6.07) is 0. The molecule has 0 radical (unpaired) electrons. The van der Waals surface area contributed by atoms with E-state index in [1.54, 1.807) is 0 Å². The van der Waals surface area contributed by atoms with E-state index < -0.39 is 23.2 Å². The number of aliphatic carboxylic acids is 2. The van der Waals surface area contributed by atoms with Crippen molar-refractivity contribution in [3.05, 3.63) is 0 Å². The zero-order chi connectivity index (χ0) is 13.1. The van der Waals surface area contributed by atoms with E-state index in [2.05, 4.69) is 0 Å². The van der Waals surface area contributed by atoms with Crippen molar-refractivity contribution in [2.75, 3.05) is 18.8 Å². The number of ketones is 1. The molecule has 0 saturated carbocycles. The van der Waals surface area contributed by atoms with E-state index >= 15 is 0 Å². The Hall–Kier alpha value is -0.0800. The molecule has 1 fully saturated rings. The molecule has 1 atom stereocenters. The molecule has 1 heterocycles. The minimum atomic E-state index is -1.53. The summed E-state index contributed by atoms with van der Waals surface area (Å²) < 4.78 is 0. The summed E-state index contributed by atoms with van der Waals surface area (Å²) in [7, 11) is 0. The minimum absolute atomic E-state index is 0. The number of hydrogen-bond donors (Lipinski definition) is 1. The van der Waals surface area contributed by atoms with Crippen LogP contribution in [0, 0.1) is 0 Å². The zero-order valence-corrected chi connectivity index (χ0v) is 13.3. The van der Waals surface area contributed by atoms with Crippen LogP contribution in [0.2, 0.25) is 0 Å². The topological polar surface area (TPSA) is 97.7 Å². The Morgan fingerprint density at radius 3 is 2.50 bits per heavy atom. The molecular weight excluding hydrogens is 269 g/mol. The summed E-state index contributed by atoms with van der Waals surface area (Å²) in [5.74, 6) is -2.11. The Kier molecular flexibility index (Phi) is 7.46. The third kappa shape index (κ3) is 4.24. The van der Waals surface area contributed by atoms with Gasteiger partial charge < -0.3 is 15.0 Å². The van der Waals surface area contributed by atoms with Crippen molar-refractivity contribution < 1.29 is 54.2 Å². The molecule has 18 heavy (non-hydrogen) atoms. The van der Waals surface area contributed by atoms with Crippen molar-refractivity contribution in [3.8, 4) is 0 Å². The van der Waals surface area contributed by atoms with E-state index in [1.807, 2.05) is 0 Å². The molecule has 1 rings (SSSR count). The van der Waals surface area contributed by atoms with Gasteiger partial charge in [-0.2, -0.15) is 0 Å². The van der Waals surface area contributed by atoms with E-state index in [-0.39, 0.29) is 48.3 Å². The van der Waals surface area contributed by atoms with E-state index in [4.69, 9.17) is 5.11 Å². The fourth-order valence-electron chi connectivity index (χ4n) is 1.81. The fraction of sp³-hybridized carbons (Fsp3) is 0.700. The number of carboxylic acid groups (broad SMARTS) is 2. The van der Waals surface area contributed by atoms with E-state index in [0.717, 1.165) is 11.8 Å². The Balaban J connectivity index is 0.00000289. The Morgan fingerprint density at radius 1 is 1.44 bits per heavy atom. The summed E-state index contributed by atoms with van der Waals surface area (Å²) in [6.07, 6.45) is -0.298. The summed E-state index contributed by atoms with van der Waals surface area (Å²) in [5.41, 5.74) is 0. The van der Waals surface area contributed by atoms with Crippen molar-refractivity contribution in [3.63, 3.8) is 0 Å². The van der Waals surface area contributed by atoms with E-state index in [9.17, 15) is 19.5 Å². The van der Waals surface area contributed by atoms with Gasteiger partial charge in [-0.3, -0.25) is 14.5 Å². The van der Waals surface area contributed by atoms with Gasteiger partial charge in [0.25, 0.3) is 0 Å². The molecule has 8 heteroatoms. The maximum atomic E-state index is 11.2. The van der Waals surface area contributed by atoms with E-state index in [0.29, 0.717) is 12.3 Å². The van der Waals surface area contributed by atoms with Crippen LogP contribution in [0.5, 0.6) is 0 Å². The van der Waals surface area contributed by atoms with Gasteiger partial charge in [-0.15, -0.1) is 11.8 Å². The normalized spacial score (nSPS) is 23.4. The van der Waals surface area contributed by atoms with Gasteiger partial charge in [-0.05, 0) is 6.92 Å². The van der Waals surface area contributed by atoms with Crippen molar-refractivity contribution in [1.82, 2.24) is 4.90 Å². The molecule has 1 N–H and O–H groups in total. The van der Waals surface area contributed by atoms with Crippen LogP contribution in [-0.4, -0.2) is 51.4 Å². The molecule has 0 spiro atoms. The quantitative estimate of drug-likeness (QED) is 0.495. The number of Topliss-reactive ketones (excluding diaryl/α,β-unsaturated/α-hetero) is 1. The first kappa shape index (κ1) is 17.9. The van der Waals surface area contributed by atoms with Gasteiger partial charge in [-0.1, -0.05) is 0 Å². The minimum Gasteiger partial charge on any atom is -0.547 e. The van der Waals surface area contributed by atoms with Crippen molar-refractivity contribution in [1.29, 1.82) is 0 Å². The molecule has 1 aliphatic heterocycles. The largest absolute Gasteiger partial charge is 1.00 e. The molecule has 6 nitrogen and oxygen atoms in total. The maximum absolute atomic E-state index is 11.2. The monoisotopic (exact) mass is 283 g/mol. The van der Waals surface area contributed by atoms with E-state index in [1.165, 1.54) is 11.8 Å². The second-order valence-corrected chi connectivity index (χ2v) is 5.30. The Bertz CT molecular complexity index is 351. The number of rotatable bonds is 6. The van der Waals surface area contributed by atoms with Crippen molar-refractivity contribution >= 4 is 29.5 Å². The van der Waals surface area contributed by atoms with Gasteiger partial charge in [0.15, 0.2) is 0 Å². The summed E-state index contributed by atoms with van der Waals surface area (Å²) in [6.45, 7) is 2.13. The predicted octanol–water partition coefficient (Wildman–Crippen LogP) is -4.06. The molecule has 96 valence electrons. The average molecular weight is 283 g/mol.